The number of carbonyl (C=O) groups is 1. The average molecular weight is 375 g/mol. The van der Waals surface area contributed by atoms with E-state index in [0.717, 1.165) is 11.0 Å². The highest BCUT2D eigenvalue weighted by molar-refractivity contribution is 7.99. The van der Waals surface area contributed by atoms with Crippen molar-refractivity contribution in [2.24, 2.45) is 12.8 Å². The number of amides is 1. The fraction of sp³-hybridized carbons (Fsp3) is 0.357. The number of hydrogen-bond acceptors (Lipinski definition) is 5. The van der Waals surface area contributed by atoms with Gasteiger partial charge in [-0.05, 0) is 12.1 Å². The molecule has 1 heterocycles. The number of nitrogens with two attached hydrogens (primary N) is 1. The van der Waals surface area contributed by atoms with Crippen LogP contribution in [0.5, 0.6) is 5.75 Å². The summed E-state index contributed by atoms with van der Waals surface area (Å²) >= 11 is 13.6. The Morgan fingerprint density at radius 3 is 2.70 bits per heavy atom. The molecule has 124 valence electrons. The molecule has 0 bridgehead atoms. The second-order valence-corrected chi connectivity index (χ2v) is 6.55. The molecule has 0 spiro atoms. The molecule has 0 fully saturated rings. The molecule has 2 aromatic rings. The molecule has 0 aliphatic rings. The second kappa shape index (κ2) is 8.42. The third-order valence-corrected chi connectivity index (χ3v) is 4.58. The SMILES string of the molecule is Cn1c(CCC(N)=O)nnc1SCCOc1c(Cl)cccc1Cl. The minimum atomic E-state index is -0.354. The number of carbonyl (C=O) groups excluding carboxylic acids is 1. The van der Waals surface area contributed by atoms with Crippen molar-refractivity contribution >= 4 is 40.9 Å². The molecule has 1 aromatic heterocycles. The zero-order valence-electron chi connectivity index (χ0n) is 12.5. The van der Waals surface area contributed by atoms with Gasteiger partial charge in [0.25, 0.3) is 0 Å². The van der Waals surface area contributed by atoms with Crippen molar-refractivity contribution in [3.63, 3.8) is 0 Å². The summed E-state index contributed by atoms with van der Waals surface area (Å²) in [5.74, 6) is 1.51. The van der Waals surface area contributed by atoms with Crippen LogP contribution >= 0.6 is 35.0 Å². The molecule has 0 saturated heterocycles. The highest BCUT2D eigenvalue weighted by atomic mass is 35.5. The van der Waals surface area contributed by atoms with Crippen molar-refractivity contribution in [1.82, 2.24) is 14.8 Å². The maximum atomic E-state index is 10.8. The minimum Gasteiger partial charge on any atom is -0.490 e. The number of aryl methyl sites for hydroxylation is 1. The Morgan fingerprint density at radius 1 is 1.35 bits per heavy atom. The van der Waals surface area contributed by atoms with Gasteiger partial charge in [0.1, 0.15) is 5.82 Å². The van der Waals surface area contributed by atoms with Crippen LogP contribution < -0.4 is 10.5 Å². The van der Waals surface area contributed by atoms with Gasteiger partial charge in [-0.15, -0.1) is 10.2 Å². The lowest BCUT2D eigenvalue weighted by atomic mass is 10.3. The van der Waals surface area contributed by atoms with Crippen molar-refractivity contribution < 1.29 is 9.53 Å². The van der Waals surface area contributed by atoms with E-state index < -0.39 is 0 Å². The molecule has 6 nitrogen and oxygen atoms in total. The molecule has 0 atom stereocenters. The lowest BCUT2D eigenvalue weighted by Crippen LogP contribution is -2.13. The normalized spacial score (nSPS) is 10.7. The van der Waals surface area contributed by atoms with E-state index in [9.17, 15) is 4.79 Å². The van der Waals surface area contributed by atoms with Crippen LogP contribution in [0.2, 0.25) is 10.0 Å². The summed E-state index contributed by atoms with van der Waals surface area (Å²) in [5.41, 5.74) is 5.14. The number of rotatable bonds is 8. The second-order valence-electron chi connectivity index (χ2n) is 4.67. The van der Waals surface area contributed by atoms with Gasteiger partial charge in [-0.2, -0.15) is 0 Å². The Morgan fingerprint density at radius 2 is 2.04 bits per heavy atom. The van der Waals surface area contributed by atoms with E-state index in [4.69, 9.17) is 33.7 Å². The van der Waals surface area contributed by atoms with E-state index in [1.54, 1.807) is 18.2 Å². The van der Waals surface area contributed by atoms with Crippen LogP contribution in [0.15, 0.2) is 23.4 Å². The maximum absolute atomic E-state index is 10.8. The maximum Gasteiger partial charge on any atom is 0.217 e. The quantitative estimate of drug-likeness (QED) is 0.567. The van der Waals surface area contributed by atoms with Gasteiger partial charge in [0.15, 0.2) is 10.9 Å². The molecular weight excluding hydrogens is 359 g/mol. The van der Waals surface area contributed by atoms with Crippen molar-refractivity contribution in [3.8, 4) is 5.75 Å². The van der Waals surface area contributed by atoms with Crippen molar-refractivity contribution in [2.45, 2.75) is 18.0 Å². The van der Waals surface area contributed by atoms with Crippen molar-refractivity contribution in [3.05, 3.63) is 34.1 Å². The summed E-state index contributed by atoms with van der Waals surface area (Å²) in [7, 11) is 1.85. The summed E-state index contributed by atoms with van der Waals surface area (Å²) < 4.78 is 7.45. The summed E-state index contributed by atoms with van der Waals surface area (Å²) in [6, 6.07) is 5.21. The standard InChI is InChI=1S/C14H16Cl2N4O2S/c1-20-12(6-5-11(17)21)18-19-14(20)23-8-7-22-13-9(15)3-2-4-10(13)16/h2-4H,5-8H2,1H3,(H2,17,21). The van der Waals surface area contributed by atoms with Gasteiger partial charge in [0, 0.05) is 25.6 Å². The van der Waals surface area contributed by atoms with E-state index in [0.29, 0.717) is 34.6 Å². The van der Waals surface area contributed by atoms with Gasteiger partial charge in [-0.1, -0.05) is 41.0 Å². The number of hydrogen-bond donors (Lipinski definition) is 1. The fourth-order valence-corrected chi connectivity index (χ4v) is 3.07. The molecular formula is C14H16Cl2N4O2S. The zero-order valence-corrected chi connectivity index (χ0v) is 14.8. The van der Waals surface area contributed by atoms with Gasteiger partial charge in [0.05, 0.1) is 16.7 Å². The molecule has 1 amide bonds. The number of benzene rings is 1. The van der Waals surface area contributed by atoms with E-state index in [1.165, 1.54) is 11.8 Å². The van der Waals surface area contributed by atoms with Crippen LogP contribution in [0, 0.1) is 0 Å². The predicted octanol–water partition coefficient (Wildman–Crippen LogP) is 2.71. The summed E-state index contributed by atoms with van der Waals surface area (Å²) in [5, 5.41) is 9.85. The average Bonchev–Trinajstić information content (AvgIpc) is 2.84. The lowest BCUT2D eigenvalue weighted by molar-refractivity contribution is -0.118. The first kappa shape index (κ1) is 17.9. The summed E-state index contributed by atoms with van der Waals surface area (Å²) in [6.07, 6.45) is 0.732. The lowest BCUT2D eigenvalue weighted by Gasteiger charge is -2.09. The smallest absolute Gasteiger partial charge is 0.217 e. The van der Waals surface area contributed by atoms with E-state index in [1.807, 2.05) is 11.6 Å². The first-order chi connectivity index (χ1) is 11.0. The van der Waals surface area contributed by atoms with E-state index in [2.05, 4.69) is 10.2 Å². The Hall–Kier alpha value is -1.44. The number of thioether (sulfide) groups is 1. The molecule has 0 aliphatic heterocycles. The molecule has 2 N–H and O–H groups in total. The molecule has 0 radical (unpaired) electrons. The largest absolute Gasteiger partial charge is 0.490 e. The Labute approximate surface area is 148 Å². The molecule has 0 aliphatic carbocycles. The predicted molar refractivity (Wildman–Crippen MR) is 91.2 cm³/mol. The van der Waals surface area contributed by atoms with Gasteiger partial charge in [-0.3, -0.25) is 4.79 Å². The highest BCUT2D eigenvalue weighted by Crippen LogP contribution is 2.32. The topological polar surface area (TPSA) is 83.0 Å². The fourth-order valence-electron chi connectivity index (χ4n) is 1.82. The van der Waals surface area contributed by atoms with Crippen LogP contribution in [0.25, 0.3) is 0 Å². The Balaban J connectivity index is 1.84. The van der Waals surface area contributed by atoms with Gasteiger partial charge in [-0.25, -0.2) is 0 Å². The summed E-state index contributed by atoms with van der Waals surface area (Å²) in [4.78, 5) is 10.8. The van der Waals surface area contributed by atoms with Crippen LogP contribution in [-0.2, 0) is 18.3 Å². The van der Waals surface area contributed by atoms with E-state index >= 15 is 0 Å². The van der Waals surface area contributed by atoms with Crippen LogP contribution in [0.4, 0.5) is 0 Å². The number of halogens is 2. The number of primary amides is 1. The Bertz CT molecular complexity index is 673. The third-order valence-electron chi connectivity index (χ3n) is 3.00. The van der Waals surface area contributed by atoms with Crippen LogP contribution in [0.3, 0.4) is 0 Å². The number of nitrogens with zero attached hydrogens (tertiary/aromatic N) is 3. The van der Waals surface area contributed by atoms with Crippen LogP contribution in [-0.4, -0.2) is 33.0 Å². The molecule has 23 heavy (non-hydrogen) atoms. The highest BCUT2D eigenvalue weighted by Gasteiger charge is 2.11. The molecule has 0 saturated carbocycles. The first-order valence-corrected chi connectivity index (χ1v) is 8.59. The van der Waals surface area contributed by atoms with Gasteiger partial charge >= 0.3 is 0 Å². The molecule has 9 heteroatoms. The monoisotopic (exact) mass is 374 g/mol. The van der Waals surface area contributed by atoms with Crippen molar-refractivity contribution in [2.75, 3.05) is 12.4 Å². The van der Waals surface area contributed by atoms with E-state index in [-0.39, 0.29) is 12.3 Å². The number of para-hydroxylation sites is 1. The summed E-state index contributed by atoms with van der Waals surface area (Å²) in [6.45, 7) is 0.428. The Kier molecular flexibility index (Phi) is 6.56. The van der Waals surface area contributed by atoms with Crippen LogP contribution in [0.1, 0.15) is 12.2 Å². The van der Waals surface area contributed by atoms with Gasteiger partial charge in [0.2, 0.25) is 5.91 Å². The van der Waals surface area contributed by atoms with Gasteiger partial charge < -0.3 is 15.0 Å². The molecule has 2 rings (SSSR count). The molecule has 0 unspecified atom stereocenters. The first-order valence-electron chi connectivity index (χ1n) is 6.85. The molecule has 1 aromatic carbocycles. The number of ether oxygens (including phenoxy) is 1. The number of aromatic nitrogens is 3. The minimum absolute atomic E-state index is 0.255. The third kappa shape index (κ3) is 5.02. The zero-order chi connectivity index (χ0) is 16.8. The van der Waals surface area contributed by atoms with Crippen molar-refractivity contribution in [1.29, 1.82) is 0 Å².